The van der Waals surface area contributed by atoms with Gasteiger partial charge in [-0.2, -0.15) is 0 Å². The lowest BCUT2D eigenvalue weighted by Crippen LogP contribution is -2.57. The first kappa shape index (κ1) is 16.8. The zero-order valence-electron chi connectivity index (χ0n) is 12.1. The topological polar surface area (TPSA) is 64.7 Å². The summed E-state index contributed by atoms with van der Waals surface area (Å²) in [5, 5.41) is 5.56. The highest BCUT2D eigenvalue weighted by atomic mass is 28.1. The second-order valence-electron chi connectivity index (χ2n) is 3.87. The minimum atomic E-state index is -0.127. The predicted octanol–water partition coefficient (Wildman–Crippen LogP) is -0.262. The van der Waals surface area contributed by atoms with Gasteiger partial charge in [0.1, 0.15) is 0 Å². The molecule has 0 aliphatic rings. The summed E-state index contributed by atoms with van der Waals surface area (Å²) >= 11 is 0. The van der Waals surface area contributed by atoms with Gasteiger partial charge in [0.2, 0.25) is 0 Å². The molecule has 0 unspecified atom stereocenters. The van der Waals surface area contributed by atoms with E-state index in [2.05, 4.69) is 10.6 Å². The van der Waals surface area contributed by atoms with E-state index in [1.54, 1.807) is 9.80 Å². The molecule has 0 bridgehead atoms. The van der Waals surface area contributed by atoms with E-state index in [1.165, 1.54) is 0 Å². The maximum atomic E-state index is 11.9. The largest absolute Gasteiger partial charge is 0.338 e. The van der Waals surface area contributed by atoms with Crippen LogP contribution in [-0.4, -0.2) is 64.1 Å². The molecule has 0 saturated carbocycles. The predicted molar refractivity (Wildman–Crippen MR) is 76.6 cm³/mol. The van der Waals surface area contributed by atoms with Crippen LogP contribution < -0.4 is 10.6 Å². The van der Waals surface area contributed by atoms with Crippen LogP contribution >= 0.6 is 0 Å². The number of hydrogen-bond acceptors (Lipinski definition) is 2. The second kappa shape index (κ2) is 8.79. The molecule has 6 nitrogen and oxygen atoms in total. The van der Waals surface area contributed by atoms with Gasteiger partial charge in [0, 0.05) is 26.2 Å². The summed E-state index contributed by atoms with van der Waals surface area (Å²) in [4.78, 5) is 27.2. The van der Waals surface area contributed by atoms with E-state index in [0.29, 0.717) is 36.4 Å². The lowest BCUT2D eigenvalue weighted by Gasteiger charge is -2.36. The van der Waals surface area contributed by atoms with Crippen LogP contribution in [0.5, 0.6) is 0 Å². The summed E-state index contributed by atoms with van der Waals surface area (Å²) in [6.07, 6.45) is 0. The highest BCUT2D eigenvalue weighted by Crippen LogP contribution is 2.04. The fourth-order valence-corrected chi connectivity index (χ4v) is 3.03. The van der Waals surface area contributed by atoms with Crippen molar-refractivity contribution in [2.24, 2.45) is 0 Å². The van der Waals surface area contributed by atoms with Crippen molar-refractivity contribution in [3.05, 3.63) is 0 Å². The van der Waals surface area contributed by atoms with Crippen LogP contribution in [0.25, 0.3) is 0 Å². The van der Waals surface area contributed by atoms with E-state index in [0.717, 1.165) is 0 Å². The minimum Gasteiger partial charge on any atom is -0.338 e. The second-order valence-corrected chi connectivity index (χ2v) is 4.91. The van der Waals surface area contributed by atoms with Crippen LogP contribution in [0.1, 0.15) is 27.7 Å². The van der Waals surface area contributed by atoms with Gasteiger partial charge in [0.15, 0.2) is 0 Å². The monoisotopic (exact) mass is 274 g/mol. The third kappa shape index (κ3) is 4.56. The van der Waals surface area contributed by atoms with E-state index in [4.69, 9.17) is 0 Å². The van der Waals surface area contributed by atoms with Crippen LogP contribution in [0.15, 0.2) is 0 Å². The van der Waals surface area contributed by atoms with Crippen molar-refractivity contribution >= 4 is 22.3 Å². The Kier molecular flexibility index (Phi) is 8.18. The molecule has 0 rings (SSSR count). The fourth-order valence-electron chi connectivity index (χ4n) is 1.83. The third-order valence-electron chi connectivity index (χ3n) is 2.76. The number of carbonyl (C=O) groups excluding carboxylic acids is 2. The molecule has 4 amide bonds. The first-order chi connectivity index (χ1) is 8.53. The molecule has 0 fully saturated rings. The Labute approximate surface area is 113 Å². The molecule has 0 atom stereocenters. The van der Waals surface area contributed by atoms with Crippen molar-refractivity contribution in [3.8, 4) is 0 Å². The van der Waals surface area contributed by atoms with E-state index in [1.807, 2.05) is 27.7 Å². The van der Waals surface area contributed by atoms with Gasteiger partial charge in [-0.1, -0.05) is 0 Å². The highest BCUT2D eigenvalue weighted by molar-refractivity contribution is 6.13. The molecule has 0 aromatic rings. The summed E-state index contributed by atoms with van der Waals surface area (Å²) in [5.74, 6) is -0.127. The van der Waals surface area contributed by atoms with Gasteiger partial charge in [-0.3, -0.25) is 0 Å². The standard InChI is InChI=1S/C11H26N4O2Si/c1-5-12-9(16)14(7-3)11(18)15(8-4)10(17)13-6-2/h11H,5-8H2,1-4,18H3,(H,12,16)(H,13,17). The van der Waals surface area contributed by atoms with Crippen molar-refractivity contribution in [1.82, 2.24) is 20.4 Å². The fraction of sp³-hybridized carbons (Fsp3) is 0.818. The lowest BCUT2D eigenvalue weighted by atomic mass is 10.5. The first-order valence-corrected chi connectivity index (χ1v) is 7.77. The molecule has 0 spiro atoms. The van der Waals surface area contributed by atoms with Gasteiger partial charge in [0.25, 0.3) is 0 Å². The number of nitrogens with zero attached hydrogens (tertiary/aromatic N) is 2. The smallest absolute Gasteiger partial charge is 0.318 e. The van der Waals surface area contributed by atoms with Crippen LogP contribution in [-0.2, 0) is 0 Å². The normalized spacial score (nSPS) is 10.3. The van der Waals surface area contributed by atoms with Gasteiger partial charge in [0.05, 0.1) is 16.0 Å². The van der Waals surface area contributed by atoms with Crippen molar-refractivity contribution in [1.29, 1.82) is 0 Å². The van der Waals surface area contributed by atoms with Crippen LogP contribution in [0.4, 0.5) is 9.59 Å². The van der Waals surface area contributed by atoms with E-state index >= 15 is 0 Å². The molecule has 0 heterocycles. The zero-order chi connectivity index (χ0) is 14.1. The number of carbonyl (C=O) groups is 2. The summed E-state index contributed by atoms with van der Waals surface area (Å²) in [7, 11) is 0.715. The zero-order valence-corrected chi connectivity index (χ0v) is 14.1. The summed E-state index contributed by atoms with van der Waals surface area (Å²) < 4.78 is 0. The number of nitrogens with one attached hydrogen (secondary N) is 2. The van der Waals surface area contributed by atoms with Gasteiger partial charge in [-0.05, 0) is 27.7 Å². The Hall–Kier alpha value is -1.24. The number of urea groups is 2. The van der Waals surface area contributed by atoms with Gasteiger partial charge in [-0.25, -0.2) is 9.59 Å². The minimum absolute atomic E-state index is 0.109. The van der Waals surface area contributed by atoms with Crippen molar-refractivity contribution < 1.29 is 9.59 Å². The first-order valence-electron chi connectivity index (χ1n) is 6.62. The average molecular weight is 274 g/mol. The molecule has 0 radical (unpaired) electrons. The molecule has 0 aliphatic heterocycles. The molecule has 0 aromatic carbocycles. The van der Waals surface area contributed by atoms with Crippen LogP contribution in [0.3, 0.4) is 0 Å². The number of amides is 4. The van der Waals surface area contributed by atoms with Crippen LogP contribution in [0.2, 0.25) is 0 Å². The molecular weight excluding hydrogens is 248 g/mol. The summed E-state index contributed by atoms with van der Waals surface area (Å²) in [6.45, 7) is 9.99. The highest BCUT2D eigenvalue weighted by Gasteiger charge is 2.25. The Morgan fingerprint density at radius 3 is 1.50 bits per heavy atom. The molecule has 7 heteroatoms. The number of hydrogen-bond donors (Lipinski definition) is 2. The Morgan fingerprint density at radius 1 is 0.944 bits per heavy atom. The lowest BCUT2D eigenvalue weighted by molar-refractivity contribution is 0.131. The molecule has 0 aromatic heterocycles. The van der Waals surface area contributed by atoms with Crippen molar-refractivity contribution in [3.63, 3.8) is 0 Å². The Bertz CT molecular complexity index is 250. The average Bonchev–Trinajstić information content (AvgIpc) is 2.31. The Morgan fingerprint density at radius 2 is 1.28 bits per heavy atom. The molecule has 0 aliphatic carbocycles. The SMILES string of the molecule is CCNC(=O)N(CC)C([SiH3])N(CC)C(=O)NCC. The quantitative estimate of drug-likeness (QED) is 0.518. The Balaban J connectivity index is 4.76. The number of rotatable bonds is 6. The van der Waals surface area contributed by atoms with Gasteiger partial charge < -0.3 is 20.4 Å². The van der Waals surface area contributed by atoms with E-state index in [-0.39, 0.29) is 17.9 Å². The van der Waals surface area contributed by atoms with Crippen molar-refractivity contribution in [2.75, 3.05) is 26.2 Å². The molecule has 106 valence electrons. The van der Waals surface area contributed by atoms with E-state index in [9.17, 15) is 9.59 Å². The molecular formula is C11H26N4O2Si. The molecule has 2 N–H and O–H groups in total. The molecule has 18 heavy (non-hydrogen) atoms. The third-order valence-corrected chi connectivity index (χ3v) is 4.01. The maximum Gasteiger partial charge on any atom is 0.318 e. The maximum absolute atomic E-state index is 11.9. The van der Waals surface area contributed by atoms with E-state index < -0.39 is 0 Å². The summed E-state index contributed by atoms with van der Waals surface area (Å²) in [5.41, 5.74) is 0. The summed E-state index contributed by atoms with van der Waals surface area (Å²) in [6, 6.07) is -0.217. The van der Waals surface area contributed by atoms with Gasteiger partial charge >= 0.3 is 12.1 Å². The van der Waals surface area contributed by atoms with Crippen molar-refractivity contribution in [2.45, 2.75) is 33.5 Å². The van der Waals surface area contributed by atoms with Crippen LogP contribution in [0, 0.1) is 0 Å². The molecule has 0 saturated heterocycles. The van der Waals surface area contributed by atoms with Gasteiger partial charge in [-0.15, -0.1) is 0 Å².